The summed E-state index contributed by atoms with van der Waals surface area (Å²) < 4.78 is 16.3. The van der Waals surface area contributed by atoms with E-state index < -0.39 is 8.80 Å². The van der Waals surface area contributed by atoms with E-state index in [0.717, 1.165) is 0 Å². The van der Waals surface area contributed by atoms with Gasteiger partial charge in [0, 0.05) is 26.4 Å². The summed E-state index contributed by atoms with van der Waals surface area (Å²) >= 11 is 0. The third-order valence-electron chi connectivity index (χ3n) is 1.29. The number of hydrogen-bond donors (Lipinski definition) is 1. The maximum absolute atomic E-state index is 7.57. The average Bonchev–Trinajstić information content (AvgIpc) is 2.20. The lowest BCUT2D eigenvalue weighted by Gasteiger charge is -2.24. The molecule has 0 saturated carbocycles. The van der Waals surface area contributed by atoms with E-state index in [1.165, 1.54) is 0 Å². The van der Waals surface area contributed by atoms with Crippen LogP contribution in [0.2, 0.25) is 0 Å². The molecule has 0 aromatic rings. The fraction of sp³-hybridized carbons (Fsp3) is 0.800. The largest absolute Gasteiger partial charge is 0.528 e. The Hall–Kier alpha value is -0.203. The van der Waals surface area contributed by atoms with Crippen LogP contribution in [0.5, 0.6) is 0 Å². The SMILES string of the molecule is C=C[Si](OCC)(OCC)OCC.CCO. The molecule has 92 valence electrons. The molecular weight excluding hydrogens is 212 g/mol. The van der Waals surface area contributed by atoms with Gasteiger partial charge in [0.15, 0.2) is 0 Å². The van der Waals surface area contributed by atoms with Crippen molar-refractivity contribution in [3.05, 3.63) is 12.3 Å². The molecule has 0 aliphatic heterocycles. The van der Waals surface area contributed by atoms with Crippen molar-refractivity contribution in [1.82, 2.24) is 0 Å². The molecule has 0 aromatic carbocycles. The van der Waals surface area contributed by atoms with Crippen LogP contribution in [-0.4, -0.2) is 40.3 Å². The molecule has 0 unspecified atom stereocenters. The van der Waals surface area contributed by atoms with Gasteiger partial charge in [0.25, 0.3) is 0 Å². The Balaban J connectivity index is 0. The van der Waals surface area contributed by atoms with Crippen LogP contribution in [0.3, 0.4) is 0 Å². The van der Waals surface area contributed by atoms with Crippen molar-refractivity contribution < 1.29 is 18.4 Å². The molecule has 5 heteroatoms. The second kappa shape index (κ2) is 11.9. The van der Waals surface area contributed by atoms with Gasteiger partial charge < -0.3 is 18.4 Å². The zero-order valence-corrected chi connectivity index (χ0v) is 11.3. The Bertz CT molecular complexity index is 124. The van der Waals surface area contributed by atoms with Crippen molar-refractivity contribution >= 4 is 8.80 Å². The van der Waals surface area contributed by atoms with Gasteiger partial charge in [-0.2, -0.15) is 0 Å². The second-order valence-electron chi connectivity index (χ2n) is 2.42. The Morgan fingerprint density at radius 3 is 1.40 bits per heavy atom. The van der Waals surface area contributed by atoms with Gasteiger partial charge in [-0.3, -0.25) is 0 Å². The van der Waals surface area contributed by atoms with Crippen LogP contribution in [0.1, 0.15) is 27.7 Å². The van der Waals surface area contributed by atoms with Crippen LogP contribution in [0.15, 0.2) is 12.3 Å². The molecule has 1 N–H and O–H groups in total. The molecule has 0 aromatic heterocycles. The van der Waals surface area contributed by atoms with E-state index >= 15 is 0 Å². The minimum atomic E-state index is -2.51. The van der Waals surface area contributed by atoms with E-state index in [1.807, 2.05) is 20.8 Å². The lowest BCUT2D eigenvalue weighted by atomic mass is 10.9. The Kier molecular flexibility index (Phi) is 13.6. The molecule has 0 radical (unpaired) electrons. The Morgan fingerprint density at radius 2 is 1.27 bits per heavy atom. The number of hydrogen-bond acceptors (Lipinski definition) is 4. The van der Waals surface area contributed by atoms with E-state index in [1.54, 1.807) is 12.6 Å². The van der Waals surface area contributed by atoms with E-state index in [2.05, 4.69) is 6.58 Å². The maximum Gasteiger partial charge on any atom is 0.528 e. The molecule has 0 spiro atoms. The van der Waals surface area contributed by atoms with Gasteiger partial charge in [-0.1, -0.05) is 6.58 Å². The first-order valence-corrected chi connectivity index (χ1v) is 7.12. The molecule has 0 bridgehead atoms. The monoisotopic (exact) mass is 236 g/mol. The van der Waals surface area contributed by atoms with E-state index in [4.69, 9.17) is 18.4 Å². The van der Waals surface area contributed by atoms with E-state index in [9.17, 15) is 0 Å². The Morgan fingerprint density at radius 1 is 1.00 bits per heavy atom. The lowest BCUT2D eigenvalue weighted by molar-refractivity contribution is 0.0844. The number of rotatable bonds is 7. The van der Waals surface area contributed by atoms with Crippen LogP contribution < -0.4 is 0 Å². The van der Waals surface area contributed by atoms with Crippen LogP contribution in [0.4, 0.5) is 0 Å². The lowest BCUT2D eigenvalue weighted by Crippen LogP contribution is -2.44. The summed E-state index contributed by atoms with van der Waals surface area (Å²) in [6.45, 7) is 13.2. The molecule has 0 saturated heterocycles. The third-order valence-corrected chi connectivity index (χ3v) is 3.86. The van der Waals surface area contributed by atoms with Crippen LogP contribution in [0, 0.1) is 0 Å². The first kappa shape index (κ1) is 17.2. The van der Waals surface area contributed by atoms with Gasteiger partial charge in [0.1, 0.15) is 0 Å². The Labute approximate surface area is 94.2 Å². The number of aliphatic hydroxyl groups excluding tert-OH is 1. The highest BCUT2D eigenvalue weighted by molar-refractivity contribution is 6.66. The summed E-state index contributed by atoms with van der Waals surface area (Å²) in [5.74, 6) is 0. The normalized spacial score (nSPS) is 10.5. The summed E-state index contributed by atoms with van der Waals surface area (Å²) in [5.41, 5.74) is 1.67. The van der Waals surface area contributed by atoms with Gasteiger partial charge in [0.2, 0.25) is 0 Å². The van der Waals surface area contributed by atoms with E-state index in [-0.39, 0.29) is 6.61 Å². The molecular formula is C10H24O4Si. The minimum absolute atomic E-state index is 0.250. The minimum Gasteiger partial charge on any atom is -0.397 e. The van der Waals surface area contributed by atoms with Crippen LogP contribution >= 0.6 is 0 Å². The average molecular weight is 236 g/mol. The zero-order valence-electron chi connectivity index (χ0n) is 10.3. The summed E-state index contributed by atoms with van der Waals surface area (Å²) in [7, 11) is -2.51. The molecule has 15 heavy (non-hydrogen) atoms. The summed E-state index contributed by atoms with van der Waals surface area (Å²) in [5, 5.41) is 7.57. The highest BCUT2D eigenvalue weighted by atomic mass is 28.4. The molecule has 0 fully saturated rings. The van der Waals surface area contributed by atoms with Crippen molar-refractivity contribution in [3.63, 3.8) is 0 Å². The summed E-state index contributed by atoms with van der Waals surface area (Å²) in [6.07, 6.45) is 0. The molecule has 0 rings (SSSR count). The molecule has 0 aliphatic rings. The van der Waals surface area contributed by atoms with Crippen molar-refractivity contribution in [3.8, 4) is 0 Å². The van der Waals surface area contributed by atoms with Gasteiger partial charge in [-0.25, -0.2) is 0 Å². The third kappa shape index (κ3) is 8.77. The quantitative estimate of drug-likeness (QED) is 0.684. The van der Waals surface area contributed by atoms with Gasteiger partial charge >= 0.3 is 8.80 Å². The standard InChI is InChI=1S/C8H18O3Si.C2H6O/c1-5-9-12(8-4,10-6-2)11-7-3;1-2-3/h8H,4-7H2,1-3H3;3H,2H2,1H3. The first-order valence-electron chi connectivity index (χ1n) is 5.32. The van der Waals surface area contributed by atoms with Crippen LogP contribution in [0.25, 0.3) is 0 Å². The van der Waals surface area contributed by atoms with Crippen molar-refractivity contribution in [2.75, 3.05) is 26.4 Å². The van der Waals surface area contributed by atoms with E-state index in [0.29, 0.717) is 19.8 Å². The van der Waals surface area contributed by atoms with Gasteiger partial charge in [-0.05, 0) is 33.4 Å². The van der Waals surface area contributed by atoms with Gasteiger partial charge in [0.05, 0.1) is 0 Å². The maximum atomic E-state index is 7.57. The summed E-state index contributed by atoms with van der Waals surface area (Å²) in [6, 6.07) is 0. The fourth-order valence-corrected chi connectivity index (χ4v) is 2.72. The molecule has 0 amide bonds. The summed E-state index contributed by atoms with van der Waals surface area (Å²) in [4.78, 5) is 0. The number of aliphatic hydroxyl groups is 1. The molecule has 4 nitrogen and oxygen atoms in total. The van der Waals surface area contributed by atoms with Crippen molar-refractivity contribution in [2.45, 2.75) is 27.7 Å². The predicted molar refractivity (Wildman–Crippen MR) is 63.6 cm³/mol. The molecule has 0 heterocycles. The zero-order chi connectivity index (χ0) is 12.2. The van der Waals surface area contributed by atoms with Crippen molar-refractivity contribution in [2.24, 2.45) is 0 Å². The van der Waals surface area contributed by atoms with Gasteiger partial charge in [-0.15, -0.1) is 0 Å². The van der Waals surface area contributed by atoms with Crippen molar-refractivity contribution in [1.29, 1.82) is 0 Å². The highest BCUT2D eigenvalue weighted by Crippen LogP contribution is 2.10. The fourth-order valence-electron chi connectivity index (χ4n) is 0.905. The van der Waals surface area contributed by atoms with Crippen LogP contribution in [-0.2, 0) is 13.3 Å². The smallest absolute Gasteiger partial charge is 0.397 e. The molecule has 0 aliphatic carbocycles. The highest BCUT2D eigenvalue weighted by Gasteiger charge is 2.36. The molecule has 0 atom stereocenters. The predicted octanol–water partition coefficient (Wildman–Crippen LogP) is 1.76. The topological polar surface area (TPSA) is 47.9 Å². The second-order valence-corrected chi connectivity index (χ2v) is 4.90. The first-order chi connectivity index (χ1) is 7.16.